The lowest BCUT2D eigenvalue weighted by Gasteiger charge is -2.21. The lowest BCUT2D eigenvalue weighted by atomic mass is 10.1. The zero-order valence-electron chi connectivity index (χ0n) is 15.0. The highest BCUT2D eigenvalue weighted by molar-refractivity contribution is 6.44. The Morgan fingerprint density at radius 2 is 1.85 bits per heavy atom. The lowest BCUT2D eigenvalue weighted by Crippen LogP contribution is -2.39. The van der Waals surface area contributed by atoms with Crippen LogP contribution in [0.5, 0.6) is 5.75 Å². The number of imide groups is 2. The summed E-state index contributed by atoms with van der Waals surface area (Å²) in [5.41, 5.74) is 0.990. The van der Waals surface area contributed by atoms with Gasteiger partial charge >= 0.3 is 17.8 Å². The number of urea groups is 1. The van der Waals surface area contributed by atoms with Gasteiger partial charge in [0.1, 0.15) is 5.75 Å². The molecule has 1 aromatic carbocycles. The molecule has 1 aliphatic carbocycles. The maximum atomic E-state index is 12.7. The standard InChI is InChI=1S/C19H22N2O5/c1-3-26-16-9-8-13(12(2)22)10-14(16)11-20-17(23)18(24)21(19(20)25)15-6-4-5-7-15/h8-10,15H,3-7,11H2,1-2H3. The third-order valence-corrected chi connectivity index (χ3v) is 4.87. The van der Waals surface area contributed by atoms with E-state index < -0.39 is 17.8 Å². The average molecular weight is 358 g/mol. The molecule has 2 aliphatic rings. The van der Waals surface area contributed by atoms with Gasteiger partial charge in [0.2, 0.25) is 0 Å². The normalized spacial score (nSPS) is 18.2. The van der Waals surface area contributed by atoms with E-state index in [1.165, 1.54) is 6.92 Å². The molecule has 1 saturated carbocycles. The summed E-state index contributed by atoms with van der Waals surface area (Å²) in [5, 5.41) is 0. The van der Waals surface area contributed by atoms with Crippen molar-refractivity contribution in [2.24, 2.45) is 0 Å². The van der Waals surface area contributed by atoms with Crippen LogP contribution in [0.4, 0.5) is 4.79 Å². The van der Waals surface area contributed by atoms with Gasteiger partial charge < -0.3 is 4.74 Å². The fourth-order valence-electron chi connectivity index (χ4n) is 3.53. The van der Waals surface area contributed by atoms with Crippen molar-refractivity contribution < 1.29 is 23.9 Å². The highest BCUT2D eigenvalue weighted by Gasteiger charge is 2.48. The Morgan fingerprint density at radius 1 is 1.15 bits per heavy atom. The van der Waals surface area contributed by atoms with Gasteiger partial charge in [-0.1, -0.05) is 12.8 Å². The smallest absolute Gasteiger partial charge is 0.334 e. The van der Waals surface area contributed by atoms with Crippen molar-refractivity contribution in [3.05, 3.63) is 29.3 Å². The predicted molar refractivity (Wildman–Crippen MR) is 92.7 cm³/mol. The average Bonchev–Trinajstić information content (AvgIpc) is 3.20. The van der Waals surface area contributed by atoms with E-state index in [9.17, 15) is 19.2 Å². The fourth-order valence-corrected chi connectivity index (χ4v) is 3.53. The zero-order chi connectivity index (χ0) is 18.8. The number of ketones is 1. The molecule has 1 aromatic rings. The number of rotatable bonds is 6. The molecule has 4 amide bonds. The van der Waals surface area contributed by atoms with Crippen LogP contribution in [0, 0.1) is 0 Å². The van der Waals surface area contributed by atoms with Crippen LogP contribution in [0.1, 0.15) is 55.5 Å². The Kier molecular flexibility index (Phi) is 5.06. The van der Waals surface area contributed by atoms with Crippen molar-refractivity contribution in [3.63, 3.8) is 0 Å². The molecule has 138 valence electrons. The number of carbonyl (C=O) groups is 4. The third-order valence-electron chi connectivity index (χ3n) is 4.87. The van der Waals surface area contributed by atoms with Crippen LogP contribution >= 0.6 is 0 Å². The third kappa shape index (κ3) is 3.21. The topological polar surface area (TPSA) is 84.0 Å². The van der Waals surface area contributed by atoms with E-state index in [2.05, 4.69) is 0 Å². The number of hydrogen-bond acceptors (Lipinski definition) is 5. The maximum absolute atomic E-state index is 12.7. The Balaban J connectivity index is 1.89. The number of carbonyl (C=O) groups excluding carboxylic acids is 4. The summed E-state index contributed by atoms with van der Waals surface area (Å²) in [4.78, 5) is 51.1. The highest BCUT2D eigenvalue weighted by Crippen LogP contribution is 2.30. The molecular formula is C19H22N2O5. The molecule has 3 rings (SSSR count). The summed E-state index contributed by atoms with van der Waals surface area (Å²) in [6, 6.07) is 4.12. The molecule has 0 aromatic heterocycles. The minimum absolute atomic E-state index is 0.0942. The van der Waals surface area contributed by atoms with Gasteiger partial charge in [-0.15, -0.1) is 0 Å². The second kappa shape index (κ2) is 7.27. The Morgan fingerprint density at radius 3 is 2.46 bits per heavy atom. The first-order valence-corrected chi connectivity index (χ1v) is 8.89. The van der Waals surface area contributed by atoms with Crippen LogP contribution in [-0.2, 0) is 16.1 Å². The molecule has 0 radical (unpaired) electrons. The molecule has 0 unspecified atom stereocenters. The molecule has 0 atom stereocenters. The molecule has 7 nitrogen and oxygen atoms in total. The van der Waals surface area contributed by atoms with E-state index in [4.69, 9.17) is 4.74 Å². The molecule has 1 saturated heterocycles. The van der Waals surface area contributed by atoms with Gasteiger partial charge in [-0.05, 0) is 44.9 Å². The lowest BCUT2D eigenvalue weighted by molar-refractivity contribution is -0.144. The van der Waals surface area contributed by atoms with Crippen LogP contribution in [0.2, 0.25) is 0 Å². The summed E-state index contributed by atoms with van der Waals surface area (Å²) >= 11 is 0. The van der Waals surface area contributed by atoms with Crippen LogP contribution in [0.3, 0.4) is 0 Å². The van der Waals surface area contributed by atoms with Gasteiger partial charge in [0.05, 0.1) is 13.2 Å². The van der Waals surface area contributed by atoms with Crippen LogP contribution < -0.4 is 4.74 Å². The first-order valence-electron chi connectivity index (χ1n) is 8.89. The second-order valence-corrected chi connectivity index (χ2v) is 6.60. The molecule has 1 aliphatic heterocycles. The summed E-state index contributed by atoms with van der Waals surface area (Å²) in [5.74, 6) is -1.22. The second-order valence-electron chi connectivity index (χ2n) is 6.60. The number of amides is 4. The predicted octanol–water partition coefficient (Wildman–Crippen LogP) is 2.52. The molecule has 0 bridgehead atoms. The summed E-state index contributed by atoms with van der Waals surface area (Å²) in [6.45, 7) is 3.57. The molecule has 1 heterocycles. The van der Waals surface area contributed by atoms with Crippen molar-refractivity contribution in [1.82, 2.24) is 9.80 Å². The summed E-state index contributed by atoms with van der Waals surface area (Å²) in [7, 11) is 0. The van der Waals surface area contributed by atoms with Gasteiger partial charge in [-0.2, -0.15) is 0 Å². The Hall–Kier alpha value is -2.70. The van der Waals surface area contributed by atoms with E-state index in [0.29, 0.717) is 23.5 Å². The number of benzene rings is 1. The molecule has 26 heavy (non-hydrogen) atoms. The summed E-state index contributed by atoms with van der Waals surface area (Å²) < 4.78 is 5.55. The van der Waals surface area contributed by atoms with E-state index in [0.717, 1.165) is 35.5 Å². The maximum Gasteiger partial charge on any atom is 0.334 e. The van der Waals surface area contributed by atoms with Crippen molar-refractivity contribution in [1.29, 1.82) is 0 Å². The SMILES string of the molecule is CCOc1ccc(C(C)=O)cc1CN1C(=O)C(=O)N(C2CCCC2)C1=O. The van der Waals surface area contributed by atoms with E-state index in [1.807, 2.05) is 6.92 Å². The Labute approximate surface area is 151 Å². The van der Waals surface area contributed by atoms with E-state index in [1.54, 1.807) is 18.2 Å². The zero-order valence-corrected chi connectivity index (χ0v) is 15.0. The molecular weight excluding hydrogens is 336 g/mol. The molecule has 0 N–H and O–H groups in total. The van der Waals surface area contributed by atoms with Gasteiger partial charge in [-0.3, -0.25) is 24.2 Å². The van der Waals surface area contributed by atoms with Gasteiger partial charge in [0.25, 0.3) is 0 Å². The van der Waals surface area contributed by atoms with Gasteiger partial charge in [0, 0.05) is 17.2 Å². The quantitative estimate of drug-likeness (QED) is 0.443. The largest absolute Gasteiger partial charge is 0.494 e. The van der Waals surface area contributed by atoms with Crippen molar-refractivity contribution in [2.75, 3.05) is 6.61 Å². The van der Waals surface area contributed by atoms with Crippen LogP contribution in [0.25, 0.3) is 0 Å². The molecule has 2 fully saturated rings. The Bertz CT molecular complexity index is 767. The first kappa shape index (κ1) is 18.1. The summed E-state index contributed by atoms with van der Waals surface area (Å²) in [6.07, 6.45) is 3.38. The highest BCUT2D eigenvalue weighted by atomic mass is 16.5. The van der Waals surface area contributed by atoms with Gasteiger partial charge in [0.15, 0.2) is 5.78 Å². The van der Waals surface area contributed by atoms with Crippen molar-refractivity contribution in [2.45, 2.75) is 52.1 Å². The van der Waals surface area contributed by atoms with Crippen molar-refractivity contribution in [3.8, 4) is 5.75 Å². The number of Topliss-reactive ketones (excluding diaryl/α,β-unsaturated/α-hetero) is 1. The monoisotopic (exact) mass is 358 g/mol. The minimum Gasteiger partial charge on any atom is -0.494 e. The first-order chi connectivity index (χ1) is 12.4. The minimum atomic E-state index is -0.822. The van der Waals surface area contributed by atoms with Crippen molar-refractivity contribution >= 4 is 23.6 Å². The van der Waals surface area contributed by atoms with Gasteiger partial charge in [-0.25, -0.2) is 4.79 Å². The molecule has 7 heteroatoms. The molecule has 0 spiro atoms. The van der Waals surface area contributed by atoms with E-state index >= 15 is 0 Å². The van der Waals surface area contributed by atoms with Crippen LogP contribution in [-0.4, -0.2) is 46.1 Å². The number of hydrogen-bond donors (Lipinski definition) is 0. The van der Waals surface area contributed by atoms with Crippen LogP contribution in [0.15, 0.2) is 18.2 Å². The fraction of sp³-hybridized carbons (Fsp3) is 0.474. The number of nitrogens with zero attached hydrogens (tertiary/aromatic N) is 2. The number of ether oxygens (including phenoxy) is 1. The van der Waals surface area contributed by atoms with E-state index in [-0.39, 0.29) is 18.4 Å².